The topological polar surface area (TPSA) is 100 Å². The molecule has 0 unspecified atom stereocenters. The maximum Gasteiger partial charge on any atom is 0.316 e. The Labute approximate surface area is 149 Å². The molecule has 0 spiro atoms. The molecule has 3 rings (SSSR count). The molecule has 1 aromatic carbocycles. The predicted molar refractivity (Wildman–Crippen MR) is 91.6 cm³/mol. The lowest BCUT2D eigenvalue weighted by Crippen LogP contribution is -2.52. The van der Waals surface area contributed by atoms with Gasteiger partial charge in [0.2, 0.25) is 0 Å². The molecule has 1 fully saturated rings. The number of nitrogens with zero attached hydrogens (tertiary/aromatic N) is 4. The van der Waals surface area contributed by atoms with Gasteiger partial charge in [-0.15, -0.1) is 0 Å². The van der Waals surface area contributed by atoms with Crippen molar-refractivity contribution in [2.45, 2.75) is 0 Å². The minimum atomic E-state index is -0.568. The Bertz CT molecular complexity index is 834. The molecule has 0 saturated carbocycles. The predicted octanol–water partition coefficient (Wildman–Crippen LogP) is 1.09. The average Bonchev–Trinajstić information content (AvgIpc) is 2.67. The number of nitro groups is 1. The molecule has 1 N–H and O–H groups in total. The molecule has 0 radical (unpaired) electrons. The Balaban J connectivity index is 1.77. The zero-order valence-corrected chi connectivity index (χ0v) is 14.2. The highest BCUT2D eigenvalue weighted by atomic mass is 16.6. The first-order chi connectivity index (χ1) is 12.5. The van der Waals surface area contributed by atoms with Crippen LogP contribution in [0.4, 0.5) is 11.5 Å². The van der Waals surface area contributed by atoms with Gasteiger partial charge in [0.25, 0.3) is 11.6 Å². The van der Waals surface area contributed by atoms with Crippen LogP contribution in [-0.2, 0) is 0 Å². The number of piperazine rings is 1. The van der Waals surface area contributed by atoms with Crippen LogP contribution in [-0.4, -0.2) is 54.2 Å². The number of hydrogen-bond acceptors (Lipinski definition) is 6. The zero-order valence-electron chi connectivity index (χ0n) is 14.2. The molecule has 9 heteroatoms. The van der Waals surface area contributed by atoms with Crippen LogP contribution < -0.4 is 14.4 Å². The van der Waals surface area contributed by atoms with Gasteiger partial charge in [-0.2, -0.15) is 0 Å². The number of hydrogen-bond donors (Lipinski definition) is 1. The van der Waals surface area contributed by atoms with E-state index in [0.717, 1.165) is 4.73 Å². The van der Waals surface area contributed by atoms with Crippen LogP contribution in [0.3, 0.4) is 0 Å². The number of rotatable bonds is 4. The highest BCUT2D eigenvalue weighted by Crippen LogP contribution is 2.26. The SMILES string of the molecule is COc1ccc([N+](=O)[O-])c(C(=O)N2CCN(c3cccc[n+]3O)CC2)c1. The van der Waals surface area contributed by atoms with Crippen LogP contribution in [0.5, 0.6) is 5.75 Å². The molecule has 0 bridgehead atoms. The number of carbonyl (C=O) groups excluding carboxylic acids is 1. The fourth-order valence-electron chi connectivity index (χ4n) is 2.96. The Morgan fingerprint density at radius 2 is 1.96 bits per heavy atom. The number of anilines is 1. The first kappa shape index (κ1) is 17.5. The molecule has 1 amide bonds. The summed E-state index contributed by atoms with van der Waals surface area (Å²) >= 11 is 0. The van der Waals surface area contributed by atoms with Crippen LogP contribution in [0, 0.1) is 10.1 Å². The third kappa shape index (κ3) is 3.37. The van der Waals surface area contributed by atoms with E-state index >= 15 is 0 Å². The molecule has 26 heavy (non-hydrogen) atoms. The van der Waals surface area contributed by atoms with E-state index in [9.17, 15) is 20.1 Å². The summed E-state index contributed by atoms with van der Waals surface area (Å²) in [7, 11) is 1.44. The van der Waals surface area contributed by atoms with Crippen LogP contribution >= 0.6 is 0 Å². The fourth-order valence-corrected chi connectivity index (χ4v) is 2.96. The number of amides is 1. The second-order valence-electron chi connectivity index (χ2n) is 5.82. The summed E-state index contributed by atoms with van der Waals surface area (Å²) in [6.07, 6.45) is 1.53. The van der Waals surface area contributed by atoms with Gasteiger partial charge in [0.1, 0.15) is 30.6 Å². The smallest absolute Gasteiger partial charge is 0.316 e. The first-order valence-corrected chi connectivity index (χ1v) is 8.08. The molecule has 9 nitrogen and oxygen atoms in total. The van der Waals surface area contributed by atoms with E-state index in [2.05, 4.69) is 0 Å². The fraction of sp³-hybridized carbons (Fsp3) is 0.294. The molecule has 1 aliphatic heterocycles. The maximum absolute atomic E-state index is 12.8. The monoisotopic (exact) mass is 359 g/mol. The van der Waals surface area contributed by atoms with Gasteiger partial charge in [-0.05, 0) is 18.2 Å². The van der Waals surface area contributed by atoms with Gasteiger partial charge in [-0.25, -0.2) is 0 Å². The summed E-state index contributed by atoms with van der Waals surface area (Å²) in [6, 6.07) is 9.45. The van der Waals surface area contributed by atoms with E-state index in [1.165, 1.54) is 31.5 Å². The number of benzene rings is 1. The highest BCUT2D eigenvalue weighted by Gasteiger charge is 2.31. The minimum absolute atomic E-state index is 0.0136. The lowest BCUT2D eigenvalue weighted by Gasteiger charge is -2.31. The van der Waals surface area contributed by atoms with Crippen molar-refractivity contribution in [3.63, 3.8) is 0 Å². The van der Waals surface area contributed by atoms with Crippen molar-refractivity contribution in [3.8, 4) is 5.75 Å². The molecule has 0 aliphatic carbocycles. The number of carbonyl (C=O) groups is 1. The average molecular weight is 359 g/mol. The normalized spacial score (nSPS) is 14.2. The second-order valence-corrected chi connectivity index (χ2v) is 5.82. The van der Waals surface area contributed by atoms with Crippen molar-refractivity contribution in [3.05, 3.63) is 58.3 Å². The lowest BCUT2D eigenvalue weighted by atomic mass is 10.1. The molecular formula is C17H19N4O5+. The van der Waals surface area contributed by atoms with Crippen molar-refractivity contribution in [1.82, 2.24) is 4.90 Å². The van der Waals surface area contributed by atoms with E-state index < -0.39 is 10.8 Å². The van der Waals surface area contributed by atoms with Crippen LogP contribution in [0.25, 0.3) is 0 Å². The Kier molecular flexibility index (Phi) is 4.87. The quantitative estimate of drug-likeness (QED) is 0.380. The van der Waals surface area contributed by atoms with E-state index in [4.69, 9.17) is 4.74 Å². The van der Waals surface area contributed by atoms with E-state index in [-0.39, 0.29) is 11.3 Å². The van der Waals surface area contributed by atoms with Gasteiger partial charge < -0.3 is 14.8 Å². The lowest BCUT2D eigenvalue weighted by molar-refractivity contribution is -0.894. The molecule has 1 aliphatic rings. The Morgan fingerprint density at radius 3 is 2.58 bits per heavy atom. The summed E-state index contributed by atoms with van der Waals surface area (Å²) in [4.78, 5) is 27.0. The number of methoxy groups -OCH3 is 1. The third-order valence-corrected chi connectivity index (χ3v) is 4.34. The standard InChI is InChI=1S/C17H19N4O5/c1-26-13-5-6-15(21(24)25)14(12-13)17(22)19-10-8-18(9-11-19)16-4-2-3-7-20(16)23/h2-7,12,23H,8-11H2,1H3/q+1. The van der Waals surface area contributed by atoms with Crippen molar-refractivity contribution >= 4 is 17.4 Å². The van der Waals surface area contributed by atoms with Gasteiger partial charge >= 0.3 is 5.82 Å². The maximum atomic E-state index is 12.8. The van der Waals surface area contributed by atoms with E-state index in [1.807, 2.05) is 11.0 Å². The van der Waals surface area contributed by atoms with E-state index in [1.54, 1.807) is 17.0 Å². The van der Waals surface area contributed by atoms with Gasteiger partial charge in [0, 0.05) is 12.1 Å². The van der Waals surface area contributed by atoms with Gasteiger partial charge in [-0.1, -0.05) is 10.8 Å². The number of aromatic nitrogens is 1. The van der Waals surface area contributed by atoms with Crippen molar-refractivity contribution in [2.75, 3.05) is 38.2 Å². The molecule has 2 heterocycles. The van der Waals surface area contributed by atoms with Gasteiger partial charge in [0.05, 0.1) is 25.1 Å². The first-order valence-electron chi connectivity index (χ1n) is 8.08. The molecule has 2 aromatic rings. The third-order valence-electron chi connectivity index (χ3n) is 4.34. The summed E-state index contributed by atoms with van der Waals surface area (Å²) in [5.74, 6) is 0.621. The van der Waals surface area contributed by atoms with Crippen molar-refractivity contribution in [2.24, 2.45) is 0 Å². The molecule has 1 saturated heterocycles. The zero-order chi connectivity index (χ0) is 18.7. The number of nitro benzene ring substituents is 1. The molecule has 1 aromatic heterocycles. The van der Waals surface area contributed by atoms with E-state index in [0.29, 0.717) is 37.7 Å². The van der Waals surface area contributed by atoms with Crippen LogP contribution in [0.1, 0.15) is 10.4 Å². The van der Waals surface area contributed by atoms with Gasteiger partial charge in [-0.3, -0.25) is 19.8 Å². The summed E-state index contributed by atoms with van der Waals surface area (Å²) in [5, 5.41) is 21.1. The van der Waals surface area contributed by atoms with Crippen LogP contribution in [0.2, 0.25) is 0 Å². The Hall–Kier alpha value is -3.36. The van der Waals surface area contributed by atoms with Crippen molar-refractivity contribution < 1.29 is 24.4 Å². The largest absolute Gasteiger partial charge is 0.497 e. The molecule has 0 atom stereocenters. The highest BCUT2D eigenvalue weighted by molar-refractivity contribution is 5.98. The Morgan fingerprint density at radius 1 is 1.23 bits per heavy atom. The minimum Gasteiger partial charge on any atom is -0.497 e. The second kappa shape index (κ2) is 7.26. The summed E-state index contributed by atoms with van der Waals surface area (Å²) in [5.41, 5.74) is -0.228. The molecule has 136 valence electrons. The van der Waals surface area contributed by atoms with Crippen molar-refractivity contribution in [1.29, 1.82) is 0 Å². The van der Waals surface area contributed by atoms with Crippen LogP contribution in [0.15, 0.2) is 42.6 Å². The number of ether oxygens (including phenoxy) is 1. The molecular weight excluding hydrogens is 340 g/mol. The summed E-state index contributed by atoms with van der Waals surface area (Å²) < 4.78 is 6.12. The summed E-state index contributed by atoms with van der Waals surface area (Å²) in [6.45, 7) is 1.80. The number of pyridine rings is 1. The van der Waals surface area contributed by atoms with Gasteiger partial charge in [0.15, 0.2) is 0 Å².